The van der Waals surface area contributed by atoms with Gasteiger partial charge in [-0.25, -0.2) is 9.67 Å². The fourth-order valence-electron chi connectivity index (χ4n) is 2.58. The Morgan fingerprint density at radius 1 is 1.29 bits per heavy atom. The van der Waals surface area contributed by atoms with Crippen LogP contribution in [0.15, 0.2) is 42.9 Å². The minimum absolute atomic E-state index is 0.703. The molecule has 0 saturated heterocycles. The fourth-order valence-corrected chi connectivity index (χ4v) is 2.58. The maximum atomic E-state index is 4.26. The van der Waals surface area contributed by atoms with Crippen LogP contribution in [0.3, 0.4) is 0 Å². The molecule has 21 heavy (non-hydrogen) atoms. The van der Waals surface area contributed by atoms with Crippen LogP contribution in [0.25, 0.3) is 5.69 Å². The Kier molecular flexibility index (Phi) is 2.84. The summed E-state index contributed by atoms with van der Waals surface area (Å²) in [6.45, 7) is 2.69. The Hall–Kier alpha value is -2.43. The Labute approximate surface area is 123 Å². The molecule has 0 spiro atoms. The summed E-state index contributed by atoms with van der Waals surface area (Å²) in [5, 5.41) is 8.51. The van der Waals surface area contributed by atoms with Crippen molar-refractivity contribution >= 4 is 0 Å². The van der Waals surface area contributed by atoms with E-state index in [1.165, 1.54) is 18.4 Å². The van der Waals surface area contributed by atoms with Gasteiger partial charge >= 0.3 is 0 Å². The summed E-state index contributed by atoms with van der Waals surface area (Å²) in [5.41, 5.74) is 3.43. The second-order valence-electron chi connectivity index (χ2n) is 5.63. The molecule has 5 heteroatoms. The van der Waals surface area contributed by atoms with Gasteiger partial charge in [-0.15, -0.1) is 5.10 Å². The summed E-state index contributed by atoms with van der Waals surface area (Å²) >= 11 is 0. The van der Waals surface area contributed by atoms with Gasteiger partial charge in [-0.1, -0.05) is 17.3 Å². The number of rotatable bonds is 4. The molecule has 0 N–H and O–H groups in total. The highest BCUT2D eigenvalue weighted by atomic mass is 15.4. The van der Waals surface area contributed by atoms with Crippen molar-refractivity contribution < 1.29 is 0 Å². The molecule has 1 fully saturated rings. The van der Waals surface area contributed by atoms with Crippen LogP contribution in [0.5, 0.6) is 0 Å². The highest BCUT2D eigenvalue weighted by molar-refractivity contribution is 5.38. The fraction of sp³-hybridized carbons (Fsp3) is 0.312. The van der Waals surface area contributed by atoms with Crippen LogP contribution in [-0.4, -0.2) is 24.5 Å². The average molecular weight is 279 g/mol. The Morgan fingerprint density at radius 3 is 2.95 bits per heavy atom. The number of nitrogens with zero attached hydrogens (tertiary/aromatic N) is 5. The molecule has 4 rings (SSSR count). The van der Waals surface area contributed by atoms with Crippen molar-refractivity contribution in [3.63, 3.8) is 0 Å². The lowest BCUT2D eigenvalue weighted by atomic mass is 10.1. The van der Waals surface area contributed by atoms with Crippen molar-refractivity contribution in [2.75, 3.05) is 0 Å². The van der Waals surface area contributed by atoms with Crippen LogP contribution in [0, 0.1) is 6.92 Å². The molecular formula is C16H17N5. The minimum atomic E-state index is 0.703. The van der Waals surface area contributed by atoms with Crippen molar-refractivity contribution in [2.24, 2.45) is 0 Å². The van der Waals surface area contributed by atoms with Crippen LogP contribution < -0.4 is 0 Å². The molecule has 0 unspecified atom stereocenters. The molecule has 1 aromatic carbocycles. The predicted octanol–water partition coefficient (Wildman–Crippen LogP) is 2.70. The van der Waals surface area contributed by atoms with Gasteiger partial charge in [0.25, 0.3) is 0 Å². The van der Waals surface area contributed by atoms with Gasteiger partial charge < -0.3 is 4.57 Å². The van der Waals surface area contributed by atoms with Gasteiger partial charge in [-0.05, 0) is 43.4 Å². The monoisotopic (exact) mass is 279 g/mol. The van der Waals surface area contributed by atoms with Gasteiger partial charge in [0, 0.05) is 12.4 Å². The first-order valence-electron chi connectivity index (χ1n) is 7.29. The summed E-state index contributed by atoms with van der Waals surface area (Å²) in [4.78, 5) is 4.22. The molecule has 106 valence electrons. The van der Waals surface area contributed by atoms with Crippen LogP contribution in [0.2, 0.25) is 0 Å². The Morgan fingerprint density at radius 2 is 2.19 bits per heavy atom. The molecule has 3 aromatic rings. The topological polar surface area (TPSA) is 48.5 Å². The smallest absolute Gasteiger partial charge is 0.105 e. The lowest BCUT2D eigenvalue weighted by Gasteiger charge is -2.03. The first-order chi connectivity index (χ1) is 10.3. The van der Waals surface area contributed by atoms with Crippen LogP contribution in [-0.2, 0) is 6.54 Å². The van der Waals surface area contributed by atoms with E-state index in [0.717, 1.165) is 23.1 Å². The van der Waals surface area contributed by atoms with E-state index in [0.29, 0.717) is 6.54 Å². The number of aromatic nitrogens is 5. The molecule has 0 bridgehead atoms. The van der Waals surface area contributed by atoms with Crippen LogP contribution in [0.4, 0.5) is 0 Å². The molecule has 2 aromatic heterocycles. The summed E-state index contributed by atoms with van der Waals surface area (Å²) in [6.07, 6.45) is 8.38. The predicted molar refractivity (Wildman–Crippen MR) is 79.4 cm³/mol. The first-order valence-corrected chi connectivity index (χ1v) is 7.29. The van der Waals surface area contributed by atoms with Gasteiger partial charge in [-0.3, -0.25) is 0 Å². The van der Waals surface area contributed by atoms with Crippen molar-refractivity contribution in [3.8, 4) is 5.69 Å². The normalized spacial score (nSPS) is 14.5. The second-order valence-corrected chi connectivity index (χ2v) is 5.63. The SMILES string of the molecule is Cc1nccn1Cc1cn(-c2cccc(C3CC3)c2)nn1. The van der Waals surface area contributed by atoms with E-state index in [-0.39, 0.29) is 0 Å². The number of aryl methyl sites for hydroxylation is 1. The lowest BCUT2D eigenvalue weighted by molar-refractivity contribution is 0.733. The molecule has 1 aliphatic rings. The van der Waals surface area contributed by atoms with E-state index in [4.69, 9.17) is 0 Å². The summed E-state index contributed by atoms with van der Waals surface area (Å²) in [7, 11) is 0. The standard InChI is InChI=1S/C16H17N5/c1-12-17-7-8-20(12)10-15-11-21(19-18-15)16-4-2-3-14(9-16)13-5-6-13/h2-4,7-9,11,13H,5-6,10H2,1H3. The van der Waals surface area contributed by atoms with E-state index in [1.54, 1.807) is 6.20 Å². The third-order valence-corrected chi connectivity index (χ3v) is 3.98. The van der Waals surface area contributed by atoms with Gasteiger partial charge in [0.1, 0.15) is 11.5 Å². The molecule has 2 heterocycles. The molecule has 0 aliphatic heterocycles. The second kappa shape index (κ2) is 4.84. The van der Waals surface area contributed by atoms with Gasteiger partial charge in [0.2, 0.25) is 0 Å². The third-order valence-electron chi connectivity index (χ3n) is 3.98. The number of hydrogen-bond acceptors (Lipinski definition) is 3. The van der Waals surface area contributed by atoms with Gasteiger partial charge in [0.05, 0.1) is 18.4 Å². The van der Waals surface area contributed by atoms with Crippen molar-refractivity contribution in [1.82, 2.24) is 24.5 Å². The summed E-state index contributed by atoms with van der Waals surface area (Å²) in [5.74, 6) is 1.74. The average Bonchev–Trinajstić information content (AvgIpc) is 3.13. The number of benzene rings is 1. The minimum Gasteiger partial charge on any atom is -0.329 e. The van der Waals surface area contributed by atoms with Gasteiger partial charge in [0.15, 0.2) is 0 Å². The maximum Gasteiger partial charge on any atom is 0.105 e. The van der Waals surface area contributed by atoms with Crippen molar-refractivity contribution in [2.45, 2.75) is 32.2 Å². The molecule has 5 nitrogen and oxygen atoms in total. The maximum absolute atomic E-state index is 4.26. The van der Waals surface area contributed by atoms with Crippen molar-refractivity contribution in [3.05, 3.63) is 59.9 Å². The summed E-state index contributed by atoms with van der Waals surface area (Å²) < 4.78 is 3.92. The van der Waals surface area contributed by atoms with Crippen LogP contribution >= 0.6 is 0 Å². The van der Waals surface area contributed by atoms with Crippen molar-refractivity contribution in [1.29, 1.82) is 0 Å². The number of hydrogen-bond donors (Lipinski definition) is 0. The third kappa shape index (κ3) is 2.46. The first kappa shape index (κ1) is 12.3. The molecule has 0 atom stereocenters. The zero-order chi connectivity index (χ0) is 14.2. The Balaban J connectivity index is 1.59. The largest absolute Gasteiger partial charge is 0.329 e. The molecule has 1 saturated carbocycles. The van der Waals surface area contributed by atoms with E-state index in [2.05, 4.69) is 44.1 Å². The zero-order valence-electron chi connectivity index (χ0n) is 12.0. The highest BCUT2D eigenvalue weighted by Gasteiger charge is 2.23. The van der Waals surface area contributed by atoms with Gasteiger partial charge in [-0.2, -0.15) is 0 Å². The number of imidazole rings is 1. The molecule has 0 amide bonds. The van der Waals surface area contributed by atoms with E-state index >= 15 is 0 Å². The highest BCUT2D eigenvalue weighted by Crippen LogP contribution is 2.40. The van der Waals surface area contributed by atoms with E-state index in [9.17, 15) is 0 Å². The lowest BCUT2D eigenvalue weighted by Crippen LogP contribution is -2.00. The molecule has 1 aliphatic carbocycles. The van der Waals surface area contributed by atoms with E-state index < -0.39 is 0 Å². The van der Waals surface area contributed by atoms with Crippen LogP contribution in [0.1, 0.15) is 35.8 Å². The molecule has 0 radical (unpaired) electrons. The summed E-state index contributed by atoms with van der Waals surface area (Å²) in [6, 6.07) is 8.60. The van der Waals surface area contributed by atoms with E-state index in [1.807, 2.05) is 24.0 Å². The molecular weight excluding hydrogens is 262 g/mol. The Bertz CT molecular complexity index is 766. The zero-order valence-corrected chi connectivity index (χ0v) is 12.0. The quantitative estimate of drug-likeness (QED) is 0.737.